The number of Topliss-reactive ketones (excluding diaryl/α,β-unsaturated/α-hetero) is 2. The van der Waals surface area contributed by atoms with Crippen molar-refractivity contribution in [1.82, 2.24) is 15.5 Å². The summed E-state index contributed by atoms with van der Waals surface area (Å²) in [5, 5.41) is 51.7. The standard InChI is InChI=1S/C29H37N5O8.CH4/c1-33(2)17-10-13(11-32-28(41)16-6-5-7-31-16)22(35)19-14(17)8-12-9-15-21(34(3)4)24(37)20(27(30)40)26(39)29(15,42)25(38)18(12)23(19)36;/h10,12,15-16,21,31,35-36,39,42H,5-9,11H2,1-4H3,(H2,30,40)(H,32,41);1H4/t12-,15-,16?,21?,29-;/m0./s1. The van der Waals surface area contributed by atoms with E-state index in [-0.39, 0.29) is 55.6 Å². The quantitative estimate of drug-likeness (QED) is 0.217. The molecular weight excluding hydrogens is 558 g/mol. The summed E-state index contributed by atoms with van der Waals surface area (Å²) in [6, 6.07) is 0.239. The molecule has 1 saturated carbocycles. The number of nitrogens with one attached hydrogen (secondary N) is 2. The Labute approximate surface area is 250 Å². The van der Waals surface area contributed by atoms with E-state index in [1.54, 1.807) is 39.2 Å². The number of carbonyl (C=O) groups is 4. The van der Waals surface area contributed by atoms with E-state index in [1.165, 1.54) is 4.90 Å². The molecule has 1 heterocycles. The number of likely N-dealkylation sites (N-methyl/N-ethyl adjacent to an activating group) is 1. The lowest BCUT2D eigenvalue weighted by molar-refractivity contribution is -0.153. The first-order valence-electron chi connectivity index (χ1n) is 13.9. The molecule has 5 atom stereocenters. The second-order valence-electron chi connectivity index (χ2n) is 12.0. The maximum absolute atomic E-state index is 14.1. The first kappa shape index (κ1) is 32.0. The van der Waals surface area contributed by atoms with E-state index in [0.717, 1.165) is 13.0 Å². The topological polar surface area (TPSA) is 206 Å². The molecular formula is C30H41N5O8. The minimum Gasteiger partial charge on any atom is -0.508 e. The number of anilines is 1. The predicted octanol–water partition coefficient (Wildman–Crippen LogP) is 0.0343. The number of hydrogen-bond donors (Lipinski definition) is 7. The average molecular weight is 600 g/mol. The van der Waals surface area contributed by atoms with E-state index in [0.29, 0.717) is 23.2 Å². The molecule has 0 radical (unpaired) electrons. The van der Waals surface area contributed by atoms with Crippen molar-refractivity contribution in [2.45, 2.75) is 57.3 Å². The zero-order chi connectivity index (χ0) is 30.8. The van der Waals surface area contributed by atoms with E-state index in [1.807, 2.05) is 0 Å². The highest BCUT2D eigenvalue weighted by atomic mass is 16.3. The predicted molar refractivity (Wildman–Crippen MR) is 158 cm³/mol. The summed E-state index contributed by atoms with van der Waals surface area (Å²) in [4.78, 5) is 55.4. The van der Waals surface area contributed by atoms with Crippen LogP contribution in [0.3, 0.4) is 0 Å². The highest BCUT2D eigenvalue weighted by Gasteiger charge is 2.64. The Morgan fingerprint density at radius 2 is 1.84 bits per heavy atom. The van der Waals surface area contributed by atoms with Crippen LogP contribution in [0.4, 0.5) is 5.69 Å². The third kappa shape index (κ3) is 4.75. The third-order valence-corrected chi connectivity index (χ3v) is 9.09. The van der Waals surface area contributed by atoms with Gasteiger partial charge in [0.15, 0.2) is 11.4 Å². The number of aliphatic hydroxyl groups is 3. The first-order valence-corrected chi connectivity index (χ1v) is 13.9. The SMILES string of the molecule is C.CN(C)c1cc(CNC(=O)C2CCCN2)c(O)c2c1C[C@H]1C[C@H]3C(N(C)C)C(=O)C(C(N)=O)=C(O)[C@@]3(O)C(=O)C1=C2O. The summed E-state index contributed by atoms with van der Waals surface area (Å²) in [7, 11) is 6.68. The summed E-state index contributed by atoms with van der Waals surface area (Å²) >= 11 is 0. The molecule has 5 rings (SSSR count). The van der Waals surface area contributed by atoms with Crippen molar-refractivity contribution >= 4 is 34.8 Å². The number of nitrogens with zero attached hydrogens (tertiary/aromatic N) is 2. The summed E-state index contributed by atoms with van der Waals surface area (Å²) < 4.78 is 0. The Bertz CT molecular complexity index is 1460. The molecule has 13 nitrogen and oxygen atoms in total. The maximum atomic E-state index is 14.1. The Kier molecular flexibility index (Phi) is 8.39. The lowest BCUT2D eigenvalue weighted by Gasteiger charge is -2.50. The van der Waals surface area contributed by atoms with Crippen LogP contribution in [-0.2, 0) is 32.1 Å². The van der Waals surface area contributed by atoms with Gasteiger partial charge in [-0.05, 0) is 63.9 Å². The van der Waals surface area contributed by atoms with Crippen LogP contribution in [0.1, 0.15) is 43.4 Å². The number of nitrogens with two attached hydrogens (primary N) is 1. The molecule has 234 valence electrons. The number of fused-ring (bicyclic) bond motifs is 3. The molecule has 2 fully saturated rings. The number of amides is 2. The number of primary amides is 1. The van der Waals surface area contributed by atoms with Crippen molar-refractivity contribution in [3.8, 4) is 5.75 Å². The molecule has 8 N–H and O–H groups in total. The summed E-state index contributed by atoms with van der Waals surface area (Å²) in [6.45, 7) is 0.701. The number of carbonyl (C=O) groups excluding carboxylic acids is 4. The van der Waals surface area contributed by atoms with Gasteiger partial charge >= 0.3 is 0 Å². The number of phenols is 1. The molecule has 0 spiro atoms. The van der Waals surface area contributed by atoms with Crippen LogP contribution in [0.25, 0.3) is 5.76 Å². The number of hydrogen-bond acceptors (Lipinski definition) is 11. The molecule has 1 saturated heterocycles. The molecule has 1 aliphatic heterocycles. The Morgan fingerprint density at radius 3 is 2.40 bits per heavy atom. The van der Waals surface area contributed by atoms with E-state index in [9.17, 15) is 39.6 Å². The highest BCUT2D eigenvalue weighted by molar-refractivity contribution is 6.24. The molecule has 4 aliphatic rings. The fourth-order valence-electron chi connectivity index (χ4n) is 7.09. The minimum absolute atomic E-state index is 0. The number of benzene rings is 1. The Balaban J connectivity index is 0.00000423. The summed E-state index contributed by atoms with van der Waals surface area (Å²) in [5.74, 6) is -7.23. The van der Waals surface area contributed by atoms with Crippen molar-refractivity contribution in [3.05, 3.63) is 39.7 Å². The van der Waals surface area contributed by atoms with E-state index in [4.69, 9.17) is 5.73 Å². The largest absolute Gasteiger partial charge is 0.508 e. The van der Waals surface area contributed by atoms with Crippen molar-refractivity contribution in [3.63, 3.8) is 0 Å². The fraction of sp³-hybridized carbons (Fsp3) is 0.533. The van der Waals surface area contributed by atoms with Crippen molar-refractivity contribution in [2.24, 2.45) is 17.6 Å². The van der Waals surface area contributed by atoms with Crippen LogP contribution in [-0.4, -0.2) is 101 Å². The van der Waals surface area contributed by atoms with Gasteiger partial charge in [-0.2, -0.15) is 0 Å². The first-order chi connectivity index (χ1) is 19.7. The summed E-state index contributed by atoms with van der Waals surface area (Å²) in [5.41, 5.74) is 3.09. The van der Waals surface area contributed by atoms with Gasteiger partial charge in [0.2, 0.25) is 11.7 Å². The van der Waals surface area contributed by atoms with E-state index in [2.05, 4.69) is 10.6 Å². The van der Waals surface area contributed by atoms with Gasteiger partial charge in [-0.1, -0.05) is 7.43 Å². The fourth-order valence-corrected chi connectivity index (χ4v) is 7.09. The molecule has 0 aromatic heterocycles. The van der Waals surface area contributed by atoms with Gasteiger partial charge in [0.25, 0.3) is 5.91 Å². The van der Waals surface area contributed by atoms with E-state index >= 15 is 0 Å². The number of aliphatic hydroxyl groups excluding tert-OH is 2. The van der Waals surface area contributed by atoms with Gasteiger partial charge in [-0.25, -0.2) is 0 Å². The molecule has 2 unspecified atom stereocenters. The van der Waals surface area contributed by atoms with Crippen LogP contribution in [0, 0.1) is 11.8 Å². The van der Waals surface area contributed by atoms with Gasteiger partial charge < -0.3 is 41.7 Å². The normalized spacial score (nSPS) is 28.2. The Hall–Kier alpha value is -3.94. The number of phenolic OH excluding ortho intramolecular Hbond substituents is 1. The van der Waals surface area contributed by atoms with Crippen LogP contribution < -0.4 is 21.3 Å². The molecule has 3 aliphatic carbocycles. The van der Waals surface area contributed by atoms with Crippen molar-refractivity contribution in [1.29, 1.82) is 0 Å². The molecule has 43 heavy (non-hydrogen) atoms. The molecule has 13 heteroatoms. The van der Waals surface area contributed by atoms with Crippen LogP contribution in [0.5, 0.6) is 5.75 Å². The molecule has 0 bridgehead atoms. The maximum Gasteiger partial charge on any atom is 0.255 e. The Morgan fingerprint density at radius 1 is 1.16 bits per heavy atom. The molecule has 1 aromatic rings. The monoisotopic (exact) mass is 599 g/mol. The van der Waals surface area contributed by atoms with Gasteiger partial charge in [0.05, 0.1) is 17.6 Å². The van der Waals surface area contributed by atoms with Gasteiger partial charge in [0.1, 0.15) is 22.8 Å². The van der Waals surface area contributed by atoms with Gasteiger partial charge in [-0.3, -0.25) is 24.1 Å². The van der Waals surface area contributed by atoms with Crippen LogP contribution >= 0.6 is 0 Å². The minimum atomic E-state index is -2.70. The second-order valence-corrected chi connectivity index (χ2v) is 12.0. The molecule has 2 amide bonds. The van der Waals surface area contributed by atoms with Crippen LogP contribution in [0.15, 0.2) is 23.0 Å². The zero-order valence-corrected chi connectivity index (χ0v) is 24.0. The van der Waals surface area contributed by atoms with Gasteiger partial charge in [0, 0.05) is 43.4 Å². The number of ketones is 2. The van der Waals surface area contributed by atoms with Crippen LogP contribution in [0.2, 0.25) is 0 Å². The number of rotatable bonds is 6. The van der Waals surface area contributed by atoms with Crippen molar-refractivity contribution in [2.75, 3.05) is 39.6 Å². The lowest BCUT2D eigenvalue weighted by Crippen LogP contribution is -2.65. The highest BCUT2D eigenvalue weighted by Crippen LogP contribution is 2.54. The average Bonchev–Trinajstić information content (AvgIpc) is 3.45. The smallest absolute Gasteiger partial charge is 0.255 e. The third-order valence-electron chi connectivity index (χ3n) is 9.09. The summed E-state index contributed by atoms with van der Waals surface area (Å²) in [6.07, 6.45) is 1.76. The lowest BCUT2D eigenvalue weighted by atomic mass is 9.57. The van der Waals surface area contributed by atoms with Gasteiger partial charge in [-0.15, -0.1) is 0 Å². The second kappa shape index (κ2) is 11.3. The molecule has 1 aromatic carbocycles. The zero-order valence-electron chi connectivity index (χ0n) is 24.0. The van der Waals surface area contributed by atoms with Crippen molar-refractivity contribution < 1.29 is 39.6 Å². The van der Waals surface area contributed by atoms with E-state index < -0.39 is 58.0 Å². The number of aromatic hydroxyl groups is 1.